The van der Waals surface area contributed by atoms with Gasteiger partial charge in [0.1, 0.15) is 0 Å². The molecule has 1 aliphatic carbocycles. The van der Waals surface area contributed by atoms with Gasteiger partial charge < -0.3 is 15.0 Å². The second-order valence-corrected chi connectivity index (χ2v) is 5.80. The Morgan fingerprint density at radius 2 is 2.16 bits per heavy atom. The van der Waals surface area contributed by atoms with Gasteiger partial charge in [-0.1, -0.05) is 12.1 Å². The second-order valence-electron chi connectivity index (χ2n) is 5.80. The van der Waals surface area contributed by atoms with Gasteiger partial charge in [-0.25, -0.2) is 0 Å². The molecule has 0 amide bonds. The summed E-state index contributed by atoms with van der Waals surface area (Å²) in [4.78, 5) is 2.20. The highest BCUT2D eigenvalue weighted by Gasteiger charge is 2.21. The maximum absolute atomic E-state index is 5.49. The maximum Gasteiger partial charge on any atom is 0.0590 e. The number of benzene rings is 1. The molecule has 0 radical (unpaired) electrons. The van der Waals surface area contributed by atoms with Gasteiger partial charge in [-0.15, -0.1) is 0 Å². The molecule has 0 aromatic heterocycles. The third-order valence-corrected chi connectivity index (χ3v) is 3.76. The smallest absolute Gasteiger partial charge is 0.0590 e. The molecule has 2 atom stereocenters. The number of anilines is 1. The molecule has 0 heterocycles. The molecule has 1 aromatic rings. The molecule has 2 rings (SSSR count). The summed E-state index contributed by atoms with van der Waals surface area (Å²) >= 11 is 0. The monoisotopic (exact) mass is 262 g/mol. The lowest BCUT2D eigenvalue weighted by Gasteiger charge is -2.29. The van der Waals surface area contributed by atoms with Gasteiger partial charge in [0.2, 0.25) is 0 Å². The molecule has 0 saturated heterocycles. The summed E-state index contributed by atoms with van der Waals surface area (Å²) in [6.07, 6.45) is 5.26. The Kier molecular flexibility index (Phi) is 5.23. The number of hydrogen-bond acceptors (Lipinski definition) is 3. The highest BCUT2D eigenvalue weighted by molar-refractivity contribution is 5.46. The average molecular weight is 262 g/mol. The summed E-state index contributed by atoms with van der Waals surface area (Å²) < 4.78 is 5.49. The first-order chi connectivity index (χ1) is 9.17. The van der Waals surface area contributed by atoms with Crippen LogP contribution in [-0.4, -0.2) is 38.3 Å². The van der Waals surface area contributed by atoms with Gasteiger partial charge in [0.25, 0.3) is 0 Å². The van der Waals surface area contributed by atoms with Crippen LogP contribution in [0.4, 0.5) is 5.69 Å². The summed E-state index contributed by atoms with van der Waals surface area (Å²) in [5.74, 6) is 0. The predicted octanol–water partition coefficient (Wildman–Crippen LogP) is 3.12. The van der Waals surface area contributed by atoms with E-state index in [0.29, 0.717) is 12.1 Å². The SMILES string of the molecule is COC1CCCC(Nc2cccc(CN(C)C)c2)C1. The lowest BCUT2D eigenvalue weighted by molar-refractivity contribution is 0.0669. The molecule has 3 nitrogen and oxygen atoms in total. The Morgan fingerprint density at radius 3 is 2.89 bits per heavy atom. The molecular weight excluding hydrogens is 236 g/mol. The first kappa shape index (κ1) is 14.4. The van der Waals surface area contributed by atoms with Crippen LogP contribution < -0.4 is 5.32 Å². The Labute approximate surface area is 116 Å². The van der Waals surface area contributed by atoms with Crippen molar-refractivity contribution in [2.24, 2.45) is 0 Å². The Bertz CT molecular complexity index is 392. The van der Waals surface area contributed by atoms with Gasteiger partial charge in [-0.2, -0.15) is 0 Å². The van der Waals surface area contributed by atoms with E-state index in [2.05, 4.69) is 48.6 Å². The van der Waals surface area contributed by atoms with E-state index in [4.69, 9.17) is 4.74 Å². The molecule has 1 fully saturated rings. The first-order valence-electron chi connectivity index (χ1n) is 7.20. The zero-order chi connectivity index (χ0) is 13.7. The lowest BCUT2D eigenvalue weighted by atomic mass is 9.92. The van der Waals surface area contributed by atoms with E-state index in [1.54, 1.807) is 0 Å². The van der Waals surface area contributed by atoms with E-state index in [0.717, 1.165) is 13.0 Å². The fourth-order valence-corrected chi connectivity index (χ4v) is 2.85. The van der Waals surface area contributed by atoms with Crippen molar-refractivity contribution in [3.63, 3.8) is 0 Å². The third-order valence-electron chi connectivity index (χ3n) is 3.76. The summed E-state index contributed by atoms with van der Waals surface area (Å²) in [5, 5.41) is 3.66. The van der Waals surface area contributed by atoms with Crippen molar-refractivity contribution in [2.75, 3.05) is 26.5 Å². The van der Waals surface area contributed by atoms with Crippen LogP contribution in [0.15, 0.2) is 24.3 Å². The van der Waals surface area contributed by atoms with E-state index < -0.39 is 0 Å². The van der Waals surface area contributed by atoms with Crippen LogP contribution in [0.1, 0.15) is 31.2 Å². The van der Waals surface area contributed by atoms with Gasteiger partial charge in [0.05, 0.1) is 6.10 Å². The fourth-order valence-electron chi connectivity index (χ4n) is 2.85. The van der Waals surface area contributed by atoms with E-state index in [-0.39, 0.29) is 0 Å². The summed E-state index contributed by atoms with van der Waals surface area (Å²) in [5.41, 5.74) is 2.59. The topological polar surface area (TPSA) is 24.5 Å². The molecule has 3 heteroatoms. The van der Waals surface area contributed by atoms with Crippen LogP contribution in [0.25, 0.3) is 0 Å². The van der Waals surface area contributed by atoms with Crippen molar-refractivity contribution in [3.05, 3.63) is 29.8 Å². The van der Waals surface area contributed by atoms with Gasteiger partial charge in [0.15, 0.2) is 0 Å². The van der Waals surface area contributed by atoms with E-state index in [1.807, 2.05) is 7.11 Å². The van der Waals surface area contributed by atoms with Gasteiger partial charge in [-0.05, 0) is 57.5 Å². The number of rotatable bonds is 5. The van der Waals surface area contributed by atoms with Crippen molar-refractivity contribution in [1.29, 1.82) is 0 Å². The summed E-state index contributed by atoms with van der Waals surface area (Å²) in [6.45, 7) is 0.987. The van der Waals surface area contributed by atoms with E-state index in [1.165, 1.54) is 30.5 Å². The third kappa shape index (κ3) is 4.51. The van der Waals surface area contributed by atoms with Crippen molar-refractivity contribution >= 4 is 5.69 Å². The van der Waals surface area contributed by atoms with Crippen molar-refractivity contribution in [1.82, 2.24) is 4.90 Å². The fraction of sp³-hybridized carbons (Fsp3) is 0.625. The molecule has 1 N–H and O–H groups in total. The van der Waals surface area contributed by atoms with Crippen LogP contribution in [0.3, 0.4) is 0 Å². The highest BCUT2D eigenvalue weighted by Crippen LogP contribution is 2.24. The molecule has 1 saturated carbocycles. The largest absolute Gasteiger partial charge is 0.382 e. The summed E-state index contributed by atoms with van der Waals surface area (Å²) in [7, 11) is 6.03. The van der Waals surface area contributed by atoms with E-state index in [9.17, 15) is 0 Å². The molecule has 0 spiro atoms. The number of nitrogens with zero attached hydrogens (tertiary/aromatic N) is 1. The van der Waals surface area contributed by atoms with Crippen LogP contribution in [0.5, 0.6) is 0 Å². The zero-order valence-corrected chi connectivity index (χ0v) is 12.4. The molecule has 106 valence electrons. The second kappa shape index (κ2) is 6.92. The Morgan fingerprint density at radius 1 is 1.32 bits per heavy atom. The molecule has 0 bridgehead atoms. The standard InChI is InChI=1S/C16H26N2O/c1-18(2)12-13-6-4-7-14(10-13)17-15-8-5-9-16(11-15)19-3/h4,6-7,10,15-17H,5,8-9,11-12H2,1-3H3. The predicted molar refractivity (Wildman–Crippen MR) is 80.5 cm³/mol. The summed E-state index contributed by atoms with van der Waals surface area (Å²) in [6, 6.07) is 9.29. The molecule has 1 aromatic carbocycles. The first-order valence-corrected chi connectivity index (χ1v) is 7.20. The quantitative estimate of drug-likeness (QED) is 0.882. The lowest BCUT2D eigenvalue weighted by Crippen LogP contribution is -2.31. The van der Waals surface area contributed by atoms with Crippen LogP contribution in [-0.2, 0) is 11.3 Å². The van der Waals surface area contributed by atoms with Crippen molar-refractivity contribution < 1.29 is 4.74 Å². The number of methoxy groups -OCH3 is 1. The molecule has 0 aliphatic heterocycles. The van der Waals surface area contributed by atoms with Crippen molar-refractivity contribution in [3.8, 4) is 0 Å². The minimum absolute atomic E-state index is 0.427. The normalized spacial score (nSPS) is 23.6. The number of hydrogen-bond donors (Lipinski definition) is 1. The molecular formula is C16H26N2O. The Balaban J connectivity index is 1.94. The maximum atomic E-state index is 5.49. The van der Waals surface area contributed by atoms with E-state index >= 15 is 0 Å². The highest BCUT2D eigenvalue weighted by atomic mass is 16.5. The minimum atomic E-state index is 0.427. The van der Waals surface area contributed by atoms with Gasteiger partial charge >= 0.3 is 0 Å². The van der Waals surface area contributed by atoms with Crippen molar-refractivity contribution in [2.45, 2.75) is 44.4 Å². The van der Waals surface area contributed by atoms with Crippen LogP contribution >= 0.6 is 0 Å². The zero-order valence-electron chi connectivity index (χ0n) is 12.4. The van der Waals surface area contributed by atoms with Gasteiger partial charge in [-0.3, -0.25) is 0 Å². The minimum Gasteiger partial charge on any atom is -0.382 e. The molecule has 19 heavy (non-hydrogen) atoms. The number of nitrogens with one attached hydrogen (secondary N) is 1. The van der Waals surface area contributed by atoms with Gasteiger partial charge in [0, 0.05) is 25.4 Å². The average Bonchev–Trinajstić information content (AvgIpc) is 2.38. The molecule has 2 unspecified atom stereocenters. The Hall–Kier alpha value is -1.06. The van der Waals surface area contributed by atoms with Crippen LogP contribution in [0.2, 0.25) is 0 Å². The molecule has 1 aliphatic rings. The number of ether oxygens (including phenoxy) is 1. The van der Waals surface area contributed by atoms with Crippen LogP contribution in [0, 0.1) is 0 Å².